The van der Waals surface area contributed by atoms with Crippen LogP contribution in [0.25, 0.3) is 11.3 Å². The van der Waals surface area contributed by atoms with Gasteiger partial charge in [-0.3, -0.25) is 24.3 Å². The Labute approximate surface area is 146 Å². The number of nitrogens with one attached hydrogen (secondary N) is 1. The normalized spacial score (nSPS) is 10.8. The molecule has 0 aliphatic heterocycles. The third-order valence-electron chi connectivity index (χ3n) is 3.44. The van der Waals surface area contributed by atoms with Gasteiger partial charge in [0.1, 0.15) is 6.54 Å². The van der Waals surface area contributed by atoms with E-state index in [1.54, 1.807) is 0 Å². The average Bonchev–Trinajstić information content (AvgIpc) is 3.26. The number of carboxylic acids is 1. The van der Waals surface area contributed by atoms with Crippen molar-refractivity contribution in [3.05, 3.63) is 35.2 Å². The van der Waals surface area contributed by atoms with Gasteiger partial charge in [0.25, 0.3) is 5.91 Å². The van der Waals surface area contributed by atoms with E-state index in [0.29, 0.717) is 5.13 Å². The van der Waals surface area contributed by atoms with Crippen LogP contribution in [0, 0.1) is 6.92 Å². The molecule has 130 valence electrons. The maximum absolute atomic E-state index is 12.2. The molecule has 0 aliphatic rings. The first-order valence-corrected chi connectivity index (χ1v) is 8.40. The van der Waals surface area contributed by atoms with Crippen molar-refractivity contribution in [1.82, 2.24) is 24.5 Å². The van der Waals surface area contributed by atoms with E-state index in [9.17, 15) is 9.59 Å². The molecule has 10 heteroatoms. The van der Waals surface area contributed by atoms with Crippen molar-refractivity contribution in [1.29, 1.82) is 0 Å². The van der Waals surface area contributed by atoms with Gasteiger partial charge in [-0.2, -0.15) is 10.2 Å². The second kappa shape index (κ2) is 6.85. The summed E-state index contributed by atoms with van der Waals surface area (Å²) in [5.74, 6) is -1.46. The van der Waals surface area contributed by atoms with E-state index >= 15 is 0 Å². The lowest BCUT2D eigenvalue weighted by atomic mass is 10.2. The maximum Gasteiger partial charge on any atom is 0.325 e. The fraction of sp³-hybridized carbons (Fsp3) is 0.267. The summed E-state index contributed by atoms with van der Waals surface area (Å²) in [6.07, 6.45) is 3.36. The zero-order valence-electron chi connectivity index (χ0n) is 13.6. The number of aliphatic carboxylic acids is 1. The van der Waals surface area contributed by atoms with Crippen LogP contribution in [0.4, 0.5) is 5.13 Å². The Morgan fingerprint density at radius 3 is 2.80 bits per heavy atom. The Balaban J connectivity index is 1.72. The number of hydrogen-bond donors (Lipinski definition) is 2. The van der Waals surface area contributed by atoms with Crippen LogP contribution in [0.5, 0.6) is 0 Å². The summed E-state index contributed by atoms with van der Waals surface area (Å²) in [7, 11) is 0. The summed E-state index contributed by atoms with van der Waals surface area (Å²) < 4.78 is 3.02. The first-order chi connectivity index (χ1) is 12.0. The fourth-order valence-corrected chi connectivity index (χ4v) is 2.96. The van der Waals surface area contributed by atoms with Crippen molar-refractivity contribution < 1.29 is 14.7 Å². The van der Waals surface area contributed by atoms with Gasteiger partial charge < -0.3 is 5.11 Å². The molecule has 3 aromatic heterocycles. The van der Waals surface area contributed by atoms with E-state index in [0.717, 1.165) is 23.5 Å². The Bertz CT molecular complexity index is 925. The highest BCUT2D eigenvalue weighted by atomic mass is 32.1. The van der Waals surface area contributed by atoms with E-state index in [1.807, 2.05) is 30.1 Å². The lowest BCUT2D eigenvalue weighted by Gasteiger charge is -1.98. The largest absolute Gasteiger partial charge is 0.480 e. The van der Waals surface area contributed by atoms with E-state index < -0.39 is 11.9 Å². The lowest BCUT2D eigenvalue weighted by Crippen LogP contribution is -2.14. The number of nitrogens with zero attached hydrogens (tertiary/aromatic N) is 5. The molecule has 0 bridgehead atoms. The van der Waals surface area contributed by atoms with Gasteiger partial charge in [-0.15, -0.1) is 11.3 Å². The molecule has 1 amide bonds. The fourth-order valence-electron chi connectivity index (χ4n) is 2.26. The number of carboxylic acid groups (broad SMARTS) is 1. The molecular weight excluding hydrogens is 344 g/mol. The highest BCUT2D eigenvalue weighted by Gasteiger charge is 2.15. The smallest absolute Gasteiger partial charge is 0.325 e. The van der Waals surface area contributed by atoms with Crippen LogP contribution < -0.4 is 5.32 Å². The molecule has 0 radical (unpaired) electrons. The van der Waals surface area contributed by atoms with Gasteiger partial charge >= 0.3 is 5.97 Å². The molecule has 0 spiro atoms. The second-order valence-electron chi connectivity index (χ2n) is 5.27. The molecular formula is C15H16N6O3S. The topological polar surface area (TPSA) is 115 Å². The molecule has 0 aromatic carbocycles. The molecule has 9 nitrogen and oxygen atoms in total. The minimum absolute atomic E-state index is 0.132. The molecule has 0 atom stereocenters. The van der Waals surface area contributed by atoms with Crippen LogP contribution >= 0.6 is 11.3 Å². The first-order valence-electron chi connectivity index (χ1n) is 7.52. The molecule has 0 fully saturated rings. The molecule has 25 heavy (non-hydrogen) atoms. The number of anilines is 1. The third-order valence-corrected chi connectivity index (χ3v) is 4.20. The zero-order chi connectivity index (χ0) is 18.0. The SMILES string of the molecule is CCn1cc(-c2csc(NC(=O)c3ccn(CC(=O)O)n3)n2)c(C)n1. The number of amides is 1. The van der Waals surface area contributed by atoms with Crippen molar-refractivity contribution in [3.63, 3.8) is 0 Å². The molecule has 0 saturated carbocycles. The van der Waals surface area contributed by atoms with Crippen LogP contribution in [-0.2, 0) is 17.9 Å². The number of hydrogen-bond acceptors (Lipinski definition) is 6. The van der Waals surface area contributed by atoms with E-state index in [2.05, 4.69) is 20.5 Å². The summed E-state index contributed by atoms with van der Waals surface area (Å²) in [4.78, 5) is 27.3. The Hall–Kier alpha value is -3.01. The molecule has 0 saturated heterocycles. The van der Waals surface area contributed by atoms with Crippen LogP contribution in [0.15, 0.2) is 23.8 Å². The summed E-state index contributed by atoms with van der Waals surface area (Å²) in [5.41, 5.74) is 2.67. The lowest BCUT2D eigenvalue weighted by molar-refractivity contribution is -0.137. The number of rotatable bonds is 6. The van der Waals surface area contributed by atoms with Gasteiger partial charge in [0.05, 0.1) is 11.4 Å². The third kappa shape index (κ3) is 3.74. The van der Waals surface area contributed by atoms with Gasteiger partial charge in [0.15, 0.2) is 10.8 Å². The Morgan fingerprint density at radius 1 is 1.32 bits per heavy atom. The number of carbonyl (C=O) groups excluding carboxylic acids is 1. The molecule has 3 heterocycles. The van der Waals surface area contributed by atoms with Crippen LogP contribution in [0.1, 0.15) is 23.1 Å². The summed E-state index contributed by atoms with van der Waals surface area (Å²) in [6, 6.07) is 1.46. The van der Waals surface area contributed by atoms with Crippen LogP contribution in [0.3, 0.4) is 0 Å². The van der Waals surface area contributed by atoms with E-state index in [4.69, 9.17) is 5.11 Å². The standard InChI is InChI=1S/C15H16N6O3S/c1-3-20-6-10(9(2)18-20)12-8-25-15(16-12)17-14(24)11-4-5-21(19-11)7-13(22)23/h4-6,8H,3,7H2,1-2H3,(H,22,23)(H,16,17,24). The van der Waals surface area contributed by atoms with Crippen molar-refractivity contribution >= 4 is 28.3 Å². The molecule has 3 aromatic rings. The van der Waals surface area contributed by atoms with Crippen LogP contribution in [-0.4, -0.2) is 41.5 Å². The first kappa shape index (κ1) is 16.8. The number of aromatic nitrogens is 5. The van der Waals surface area contributed by atoms with Crippen molar-refractivity contribution in [3.8, 4) is 11.3 Å². The number of aryl methyl sites for hydroxylation is 2. The van der Waals surface area contributed by atoms with E-state index in [1.165, 1.54) is 28.3 Å². The molecule has 3 rings (SSSR count). The van der Waals surface area contributed by atoms with Crippen molar-refractivity contribution in [2.75, 3.05) is 5.32 Å². The predicted octanol–water partition coefficient (Wildman–Crippen LogP) is 1.87. The van der Waals surface area contributed by atoms with E-state index in [-0.39, 0.29) is 12.2 Å². The molecule has 0 aliphatic carbocycles. The Kier molecular flexibility index (Phi) is 4.61. The minimum Gasteiger partial charge on any atom is -0.480 e. The van der Waals surface area contributed by atoms with Crippen LogP contribution in [0.2, 0.25) is 0 Å². The Morgan fingerprint density at radius 2 is 2.12 bits per heavy atom. The molecule has 0 unspecified atom stereocenters. The predicted molar refractivity (Wildman–Crippen MR) is 91.6 cm³/mol. The highest BCUT2D eigenvalue weighted by molar-refractivity contribution is 7.14. The van der Waals surface area contributed by atoms with Gasteiger partial charge in [0.2, 0.25) is 0 Å². The monoisotopic (exact) mass is 360 g/mol. The minimum atomic E-state index is -1.03. The van der Waals surface area contributed by atoms with Gasteiger partial charge in [-0.05, 0) is 19.9 Å². The average molecular weight is 360 g/mol. The van der Waals surface area contributed by atoms with Gasteiger partial charge in [-0.1, -0.05) is 0 Å². The molecule has 2 N–H and O–H groups in total. The van der Waals surface area contributed by atoms with Gasteiger partial charge in [0, 0.05) is 29.9 Å². The summed E-state index contributed by atoms with van der Waals surface area (Å²) in [5, 5.41) is 22.0. The second-order valence-corrected chi connectivity index (χ2v) is 6.13. The van der Waals surface area contributed by atoms with Crippen molar-refractivity contribution in [2.24, 2.45) is 0 Å². The summed E-state index contributed by atoms with van der Waals surface area (Å²) >= 11 is 1.30. The number of thiazole rings is 1. The number of carbonyl (C=O) groups is 2. The quantitative estimate of drug-likeness (QED) is 0.693. The van der Waals surface area contributed by atoms with Gasteiger partial charge in [-0.25, -0.2) is 4.98 Å². The highest BCUT2D eigenvalue weighted by Crippen LogP contribution is 2.27. The maximum atomic E-state index is 12.2. The summed E-state index contributed by atoms with van der Waals surface area (Å²) in [6.45, 7) is 4.39. The van der Waals surface area contributed by atoms with Crippen molar-refractivity contribution in [2.45, 2.75) is 26.9 Å². The zero-order valence-corrected chi connectivity index (χ0v) is 14.4.